The van der Waals surface area contributed by atoms with E-state index in [1.54, 1.807) is 0 Å². The molecule has 126 heavy (non-hydrogen) atoms. The summed E-state index contributed by atoms with van der Waals surface area (Å²) in [5, 5.41) is 11.7. The van der Waals surface area contributed by atoms with Crippen LogP contribution in [-0.2, 0) is 0 Å². The Kier molecular flexibility index (Phi) is 19.0. The molecule has 0 spiro atoms. The Labute approximate surface area is 731 Å². The molecule has 0 saturated carbocycles. The first-order valence-corrected chi connectivity index (χ1v) is 43.3. The van der Waals surface area contributed by atoms with E-state index in [2.05, 4.69) is 400 Å². The molecule has 18 aromatic carbocycles. The first kappa shape index (κ1) is 74.5. The van der Waals surface area contributed by atoms with Crippen LogP contribution in [0.1, 0.15) is 0 Å². The second-order valence-electron chi connectivity index (χ2n) is 31.8. The first-order chi connectivity index (χ1) is 62.5. The lowest BCUT2D eigenvalue weighted by molar-refractivity contribution is 0.670. The van der Waals surface area contributed by atoms with E-state index in [0.717, 1.165) is 167 Å². The number of para-hydroxylation sites is 4. The van der Waals surface area contributed by atoms with Gasteiger partial charge in [-0.05, 0) is 86.5 Å². The summed E-state index contributed by atoms with van der Waals surface area (Å²) >= 11 is 1.86. The van der Waals surface area contributed by atoms with Crippen LogP contribution < -0.4 is 0 Å². The lowest BCUT2D eigenvalue weighted by Gasteiger charge is -2.16. The third kappa shape index (κ3) is 13.8. The molecule has 0 atom stereocenters. The van der Waals surface area contributed by atoms with Crippen LogP contribution in [0.25, 0.3) is 243 Å². The summed E-state index contributed by atoms with van der Waals surface area (Å²) in [6.07, 6.45) is 0. The van der Waals surface area contributed by atoms with E-state index >= 15 is 0 Å². The SMILES string of the molecule is c1ccc(-c2nc(-c3ccc(-c4cccc5c4oc4ccccc45)cc3)cc(-c3cccc(-c4cccc5c4nc(-c4ccccc4)c4cccc(-c6ccccc6)c45)c3)n2)cc1.c1ccc(-c2nc(-c3ccc(-c4cccc5c4sc4ccccc45)cc3)cc(-c3cccc(-c4cccc5c4nc(-c4ccccc4)c4cccc(-c6ccccc6)c45)c3)n2)cc1. The number of hydrogen-bond acceptors (Lipinski definition) is 8. The van der Waals surface area contributed by atoms with Crippen LogP contribution in [0, 0.1) is 0 Å². The van der Waals surface area contributed by atoms with Crippen molar-refractivity contribution >= 4 is 96.8 Å². The summed E-state index contributed by atoms with van der Waals surface area (Å²) in [5.41, 5.74) is 30.7. The van der Waals surface area contributed by atoms with Crippen molar-refractivity contribution < 1.29 is 4.42 Å². The van der Waals surface area contributed by atoms with Gasteiger partial charge in [0.05, 0.1) is 45.2 Å². The van der Waals surface area contributed by atoms with Crippen LogP contribution in [0.4, 0.5) is 0 Å². The van der Waals surface area contributed by atoms with Gasteiger partial charge < -0.3 is 4.42 Å². The molecule has 6 aromatic heterocycles. The summed E-state index contributed by atoms with van der Waals surface area (Å²) in [5.74, 6) is 1.36. The molecule has 7 nitrogen and oxygen atoms in total. The molecule has 0 aliphatic heterocycles. The number of fused-ring (bicyclic) bond motifs is 12. The van der Waals surface area contributed by atoms with E-state index in [0.29, 0.717) is 11.6 Å². The quantitative estimate of drug-likeness (QED) is 0.100. The Hall–Kier alpha value is -16.5. The minimum absolute atomic E-state index is 0.670. The number of thiophene rings is 1. The van der Waals surface area contributed by atoms with Gasteiger partial charge in [0.2, 0.25) is 0 Å². The van der Waals surface area contributed by atoms with E-state index in [4.69, 9.17) is 34.3 Å². The van der Waals surface area contributed by atoms with Gasteiger partial charge in [-0.3, -0.25) is 0 Å². The molecule has 0 amide bonds. The maximum absolute atomic E-state index is 6.39. The van der Waals surface area contributed by atoms with Crippen molar-refractivity contribution in [1.82, 2.24) is 29.9 Å². The summed E-state index contributed by atoms with van der Waals surface area (Å²) in [7, 11) is 0. The van der Waals surface area contributed by atoms with Gasteiger partial charge >= 0.3 is 0 Å². The standard InChI is InChI=1S/C59H37N3O.C59H37N3S/c2*1-4-16-38(17-5-1)45-25-13-29-50-55(45)51-30-14-26-46(57(51)62-56(50)41-18-6-2-7-19-41)43-22-12-23-44(36-43)53-37-52(60-59(61-53)42-20-8-3-9-21-42)40-34-32-39(33-35-40)47-27-15-28-49-48-24-10-11-31-54(48)63-58(47)49/h2*1-37H. The summed E-state index contributed by atoms with van der Waals surface area (Å²) in [4.78, 5) is 31.8. The van der Waals surface area contributed by atoms with Crippen LogP contribution >= 0.6 is 11.3 Å². The highest BCUT2D eigenvalue weighted by Crippen LogP contribution is 2.47. The molecule has 0 fully saturated rings. The first-order valence-electron chi connectivity index (χ1n) is 42.5. The summed E-state index contributed by atoms with van der Waals surface area (Å²) in [6, 6.07) is 158. The highest BCUT2D eigenvalue weighted by molar-refractivity contribution is 7.26. The van der Waals surface area contributed by atoms with Crippen molar-refractivity contribution in [3.05, 3.63) is 449 Å². The Morgan fingerprint density at radius 2 is 0.500 bits per heavy atom. The number of furan rings is 1. The molecule has 588 valence electrons. The molecule has 24 rings (SSSR count). The van der Waals surface area contributed by atoms with Crippen molar-refractivity contribution in [3.63, 3.8) is 0 Å². The van der Waals surface area contributed by atoms with E-state index in [9.17, 15) is 0 Å². The van der Waals surface area contributed by atoms with Crippen LogP contribution in [0.15, 0.2) is 453 Å². The van der Waals surface area contributed by atoms with Crippen molar-refractivity contribution in [3.8, 4) is 157 Å². The Morgan fingerprint density at radius 1 is 0.183 bits per heavy atom. The second-order valence-corrected chi connectivity index (χ2v) is 32.8. The van der Waals surface area contributed by atoms with E-state index in [1.807, 2.05) is 59.9 Å². The maximum Gasteiger partial charge on any atom is 0.160 e. The summed E-state index contributed by atoms with van der Waals surface area (Å²) in [6.45, 7) is 0. The lowest BCUT2D eigenvalue weighted by Crippen LogP contribution is -1.96. The topological polar surface area (TPSA) is 90.5 Å². The lowest BCUT2D eigenvalue weighted by atomic mass is 9.91. The molecule has 24 aromatic rings. The van der Waals surface area contributed by atoms with Gasteiger partial charge in [-0.1, -0.05) is 413 Å². The van der Waals surface area contributed by atoms with Gasteiger partial charge in [0.15, 0.2) is 11.6 Å². The second kappa shape index (κ2) is 32.1. The molecule has 6 heterocycles. The maximum atomic E-state index is 6.39. The fraction of sp³-hybridized carbons (Fsp3) is 0. The fourth-order valence-corrected chi connectivity index (χ4v) is 19.4. The predicted molar refractivity (Wildman–Crippen MR) is 526 cm³/mol. The zero-order valence-corrected chi connectivity index (χ0v) is 69.0. The third-order valence-corrected chi connectivity index (χ3v) is 25.4. The smallest absolute Gasteiger partial charge is 0.160 e. The highest BCUT2D eigenvalue weighted by atomic mass is 32.1. The van der Waals surface area contributed by atoms with Gasteiger partial charge in [0, 0.05) is 124 Å². The minimum Gasteiger partial charge on any atom is -0.455 e. The van der Waals surface area contributed by atoms with Crippen molar-refractivity contribution in [2.24, 2.45) is 0 Å². The van der Waals surface area contributed by atoms with E-state index in [-0.39, 0.29) is 0 Å². The molecule has 0 bridgehead atoms. The number of hydrogen-bond donors (Lipinski definition) is 0. The van der Waals surface area contributed by atoms with Crippen molar-refractivity contribution in [2.45, 2.75) is 0 Å². The van der Waals surface area contributed by atoms with E-state index < -0.39 is 0 Å². The van der Waals surface area contributed by atoms with Gasteiger partial charge in [-0.15, -0.1) is 11.3 Å². The highest BCUT2D eigenvalue weighted by Gasteiger charge is 2.24. The van der Waals surface area contributed by atoms with Gasteiger partial charge in [0.1, 0.15) is 11.2 Å². The average Bonchev–Trinajstić information content (AvgIpc) is 1.07. The summed E-state index contributed by atoms with van der Waals surface area (Å²) < 4.78 is 9.01. The van der Waals surface area contributed by atoms with Gasteiger partial charge in [-0.25, -0.2) is 29.9 Å². The Morgan fingerprint density at radius 3 is 0.976 bits per heavy atom. The molecule has 0 radical (unpaired) electrons. The number of rotatable bonds is 14. The molecule has 0 N–H and O–H groups in total. The van der Waals surface area contributed by atoms with Crippen LogP contribution in [0.5, 0.6) is 0 Å². The van der Waals surface area contributed by atoms with Crippen molar-refractivity contribution in [1.29, 1.82) is 0 Å². The number of benzene rings is 18. The van der Waals surface area contributed by atoms with Crippen LogP contribution in [-0.4, -0.2) is 29.9 Å². The number of pyridine rings is 2. The zero-order chi connectivity index (χ0) is 83.4. The van der Waals surface area contributed by atoms with Gasteiger partial charge in [0.25, 0.3) is 0 Å². The Bertz CT molecular complexity index is 7800. The van der Waals surface area contributed by atoms with Gasteiger partial charge in [-0.2, -0.15) is 0 Å². The van der Waals surface area contributed by atoms with E-state index in [1.165, 1.54) is 64.3 Å². The average molecular weight is 1620 g/mol. The third-order valence-electron chi connectivity index (χ3n) is 24.2. The molecule has 0 aliphatic rings. The Balaban J connectivity index is 0.000000145. The van der Waals surface area contributed by atoms with Crippen LogP contribution in [0.3, 0.4) is 0 Å². The molecule has 0 saturated heterocycles. The molecule has 8 heteroatoms. The fourth-order valence-electron chi connectivity index (χ4n) is 18.2. The molecular weight excluding hydrogens is 1550 g/mol. The molecule has 0 unspecified atom stereocenters. The molecule has 0 aliphatic carbocycles. The zero-order valence-electron chi connectivity index (χ0n) is 68.2. The minimum atomic E-state index is 0.670. The van der Waals surface area contributed by atoms with Crippen LogP contribution in [0.2, 0.25) is 0 Å². The monoisotopic (exact) mass is 1620 g/mol. The predicted octanol–water partition coefficient (Wildman–Crippen LogP) is 32.0. The number of aromatic nitrogens is 6. The normalized spacial score (nSPS) is 11.5. The molecular formula is C118H74N6OS. The largest absolute Gasteiger partial charge is 0.455 e. The van der Waals surface area contributed by atoms with Crippen molar-refractivity contribution in [2.75, 3.05) is 0 Å². The number of nitrogens with zero attached hydrogens (tertiary/aromatic N) is 6.